The Morgan fingerprint density at radius 1 is 1.27 bits per heavy atom. The lowest BCUT2D eigenvalue weighted by Crippen LogP contribution is -2.44. The number of carbonyl (C=O) groups excluding carboxylic acids is 1. The minimum absolute atomic E-state index is 0.0973. The second-order valence-electron chi connectivity index (χ2n) is 7.92. The molecule has 4 heterocycles. The number of nitrogens with zero attached hydrogens (tertiary/aromatic N) is 6. The molecule has 168 valence electrons. The number of carbonyl (C=O) groups is 1. The molecule has 10 heteroatoms. The highest BCUT2D eigenvalue weighted by atomic mass is 19.1. The summed E-state index contributed by atoms with van der Waals surface area (Å²) in [7, 11) is 0. The number of anilines is 1. The van der Waals surface area contributed by atoms with Crippen LogP contribution in [0.4, 0.5) is 10.3 Å². The first-order valence-corrected chi connectivity index (χ1v) is 10.8. The number of nitrogens with one attached hydrogen (secondary N) is 1. The van der Waals surface area contributed by atoms with E-state index in [4.69, 9.17) is 4.52 Å². The van der Waals surface area contributed by atoms with E-state index in [1.807, 2.05) is 17.9 Å². The van der Waals surface area contributed by atoms with Gasteiger partial charge in [0.15, 0.2) is 0 Å². The van der Waals surface area contributed by atoms with Crippen molar-refractivity contribution in [1.29, 1.82) is 0 Å². The van der Waals surface area contributed by atoms with E-state index in [-0.39, 0.29) is 17.8 Å². The first kappa shape index (κ1) is 20.9. The Bertz CT molecular complexity index is 1290. The van der Waals surface area contributed by atoms with Crippen molar-refractivity contribution >= 4 is 22.8 Å². The number of pyridine rings is 1. The molecule has 0 radical (unpaired) electrons. The van der Waals surface area contributed by atoms with E-state index in [1.54, 1.807) is 24.5 Å². The van der Waals surface area contributed by atoms with Crippen LogP contribution in [0.15, 0.2) is 47.2 Å². The van der Waals surface area contributed by atoms with Gasteiger partial charge in [-0.3, -0.25) is 9.78 Å². The summed E-state index contributed by atoms with van der Waals surface area (Å²) < 4.78 is 18.9. The summed E-state index contributed by atoms with van der Waals surface area (Å²) in [6.07, 6.45) is 5.33. The van der Waals surface area contributed by atoms with Gasteiger partial charge in [0.25, 0.3) is 0 Å². The van der Waals surface area contributed by atoms with Gasteiger partial charge in [0, 0.05) is 42.9 Å². The van der Waals surface area contributed by atoms with Gasteiger partial charge in [0.1, 0.15) is 11.9 Å². The second-order valence-corrected chi connectivity index (χ2v) is 7.92. The van der Waals surface area contributed by atoms with Gasteiger partial charge < -0.3 is 14.7 Å². The molecule has 1 amide bonds. The monoisotopic (exact) mass is 447 g/mol. The molecule has 1 aliphatic rings. The van der Waals surface area contributed by atoms with Crippen molar-refractivity contribution in [1.82, 2.24) is 30.4 Å². The lowest BCUT2D eigenvalue weighted by Gasteiger charge is -2.24. The Hall–Kier alpha value is -3.95. The summed E-state index contributed by atoms with van der Waals surface area (Å²) in [6, 6.07) is 7.74. The maximum atomic E-state index is 13.6. The fourth-order valence-electron chi connectivity index (χ4n) is 4.02. The zero-order valence-electron chi connectivity index (χ0n) is 18.0. The predicted molar refractivity (Wildman–Crippen MR) is 119 cm³/mol. The fourth-order valence-corrected chi connectivity index (χ4v) is 4.02. The van der Waals surface area contributed by atoms with Crippen molar-refractivity contribution < 1.29 is 13.7 Å². The third kappa shape index (κ3) is 4.36. The van der Waals surface area contributed by atoms with E-state index in [0.29, 0.717) is 60.2 Å². The molecule has 33 heavy (non-hydrogen) atoms. The number of hydrogen-bond donors (Lipinski definition) is 1. The van der Waals surface area contributed by atoms with Crippen LogP contribution < -0.4 is 10.2 Å². The number of aromatic nitrogens is 5. The number of fused-ring (bicyclic) bond motifs is 1. The van der Waals surface area contributed by atoms with E-state index in [9.17, 15) is 9.18 Å². The molecule has 0 aliphatic carbocycles. The molecule has 9 nitrogen and oxygen atoms in total. The lowest BCUT2D eigenvalue weighted by molar-refractivity contribution is -0.122. The van der Waals surface area contributed by atoms with Crippen LogP contribution in [0.3, 0.4) is 0 Å². The predicted octanol–water partition coefficient (Wildman–Crippen LogP) is 2.85. The Labute approximate surface area is 189 Å². The van der Waals surface area contributed by atoms with Crippen molar-refractivity contribution in [3.05, 3.63) is 60.1 Å². The summed E-state index contributed by atoms with van der Waals surface area (Å²) >= 11 is 0. The van der Waals surface area contributed by atoms with Gasteiger partial charge in [-0.25, -0.2) is 14.4 Å². The molecular formula is C23H22FN7O2. The van der Waals surface area contributed by atoms with Crippen LogP contribution in [-0.2, 0) is 11.2 Å². The Kier molecular flexibility index (Phi) is 5.64. The highest BCUT2D eigenvalue weighted by Crippen LogP contribution is 2.26. The maximum absolute atomic E-state index is 13.6. The van der Waals surface area contributed by atoms with Crippen molar-refractivity contribution in [2.45, 2.75) is 32.2 Å². The first-order valence-electron chi connectivity index (χ1n) is 10.8. The molecule has 5 rings (SSSR count). The number of rotatable bonds is 6. The van der Waals surface area contributed by atoms with Gasteiger partial charge in [-0.1, -0.05) is 5.16 Å². The number of aryl methyl sites for hydroxylation is 1. The molecule has 0 spiro atoms. The highest BCUT2D eigenvalue weighted by molar-refractivity contribution is 5.86. The molecule has 1 atom stereocenters. The first-order chi connectivity index (χ1) is 16.1. The fraction of sp³-hybridized carbons (Fsp3) is 0.304. The molecule has 1 saturated heterocycles. The molecule has 1 aliphatic heterocycles. The van der Waals surface area contributed by atoms with Crippen LogP contribution in [-0.4, -0.2) is 50.1 Å². The van der Waals surface area contributed by atoms with E-state index in [2.05, 4.69) is 30.4 Å². The largest absolute Gasteiger partial charge is 0.354 e. The molecule has 4 aromatic rings. The van der Waals surface area contributed by atoms with Crippen LogP contribution in [0.2, 0.25) is 0 Å². The van der Waals surface area contributed by atoms with Crippen molar-refractivity contribution in [3.63, 3.8) is 0 Å². The number of amides is 1. The van der Waals surface area contributed by atoms with E-state index < -0.39 is 0 Å². The Morgan fingerprint density at radius 3 is 3.03 bits per heavy atom. The SMILES string of the molecule is Cc1nc(N2CCCC2C(=O)NCCc2nc(-c3cccnc3)no2)nc2ccc(F)cc12. The minimum atomic E-state index is -0.365. The topological polar surface area (TPSA) is 110 Å². The second kappa shape index (κ2) is 8.89. The van der Waals surface area contributed by atoms with Crippen LogP contribution in [0, 0.1) is 12.7 Å². The van der Waals surface area contributed by atoms with Crippen molar-refractivity contribution in [2.75, 3.05) is 18.0 Å². The third-order valence-corrected chi connectivity index (χ3v) is 5.67. The minimum Gasteiger partial charge on any atom is -0.354 e. The highest BCUT2D eigenvalue weighted by Gasteiger charge is 2.32. The number of benzene rings is 1. The standard InChI is InChI=1S/C23H22FN7O2/c1-14-17-12-16(24)6-7-18(17)28-23(27-14)31-11-3-5-19(31)22(32)26-10-8-20-29-21(30-33-20)15-4-2-9-25-13-15/h2,4,6-7,9,12-13,19H,3,5,8,10-11H2,1H3,(H,26,32). The maximum Gasteiger partial charge on any atom is 0.242 e. The molecule has 3 aromatic heterocycles. The van der Waals surface area contributed by atoms with Crippen LogP contribution in [0.5, 0.6) is 0 Å². The quantitative estimate of drug-likeness (QED) is 0.481. The zero-order valence-corrected chi connectivity index (χ0v) is 18.0. The van der Waals surface area contributed by atoms with Crippen LogP contribution >= 0.6 is 0 Å². The lowest BCUT2D eigenvalue weighted by atomic mass is 10.2. The zero-order chi connectivity index (χ0) is 22.8. The van der Waals surface area contributed by atoms with Gasteiger partial charge in [-0.05, 0) is 50.1 Å². The van der Waals surface area contributed by atoms with Gasteiger partial charge >= 0.3 is 0 Å². The molecule has 1 aromatic carbocycles. The normalized spacial score (nSPS) is 15.8. The molecular weight excluding hydrogens is 425 g/mol. The number of hydrogen-bond acceptors (Lipinski definition) is 8. The van der Waals surface area contributed by atoms with Gasteiger partial charge in [0.05, 0.1) is 11.2 Å². The smallest absolute Gasteiger partial charge is 0.242 e. The van der Waals surface area contributed by atoms with Crippen molar-refractivity contribution in [3.8, 4) is 11.4 Å². The summed E-state index contributed by atoms with van der Waals surface area (Å²) in [6.45, 7) is 2.87. The average Bonchev–Trinajstić information content (AvgIpc) is 3.50. The molecule has 0 bridgehead atoms. The Balaban J connectivity index is 1.23. The van der Waals surface area contributed by atoms with Gasteiger partial charge in [0.2, 0.25) is 23.6 Å². The Morgan fingerprint density at radius 2 is 2.18 bits per heavy atom. The van der Waals surface area contributed by atoms with Crippen LogP contribution in [0.1, 0.15) is 24.4 Å². The van der Waals surface area contributed by atoms with E-state index >= 15 is 0 Å². The summed E-state index contributed by atoms with van der Waals surface area (Å²) in [5.74, 6) is 0.977. The molecule has 1 fully saturated rings. The summed E-state index contributed by atoms with van der Waals surface area (Å²) in [5.41, 5.74) is 2.11. The van der Waals surface area contributed by atoms with E-state index in [0.717, 1.165) is 12.0 Å². The summed E-state index contributed by atoms with van der Waals surface area (Å²) in [5, 5.41) is 7.59. The molecule has 1 unspecified atom stereocenters. The average molecular weight is 447 g/mol. The van der Waals surface area contributed by atoms with Gasteiger partial charge in [-0.2, -0.15) is 4.98 Å². The number of halogens is 1. The third-order valence-electron chi connectivity index (χ3n) is 5.67. The molecule has 1 N–H and O–H groups in total. The van der Waals surface area contributed by atoms with E-state index in [1.165, 1.54) is 12.1 Å². The van der Waals surface area contributed by atoms with Gasteiger partial charge in [-0.15, -0.1) is 0 Å². The van der Waals surface area contributed by atoms with Crippen molar-refractivity contribution in [2.24, 2.45) is 0 Å². The van der Waals surface area contributed by atoms with Crippen LogP contribution in [0.25, 0.3) is 22.3 Å². The molecule has 0 saturated carbocycles. The summed E-state index contributed by atoms with van der Waals surface area (Å²) in [4.78, 5) is 32.4.